The molecule has 1 aliphatic carbocycles. The molecule has 1 aliphatic heterocycles. The molecule has 0 N–H and O–H groups in total. The predicted molar refractivity (Wildman–Crippen MR) is 45.0 cm³/mol. The lowest BCUT2D eigenvalue weighted by molar-refractivity contribution is 0.200. The van der Waals surface area contributed by atoms with Crippen LogP contribution in [-0.2, 0) is 4.74 Å². The van der Waals surface area contributed by atoms with E-state index in [9.17, 15) is 0 Å². The SMILES string of the molecule is CC1=CCC2COC=CC2=C1. The van der Waals surface area contributed by atoms with E-state index in [1.54, 1.807) is 6.26 Å². The first-order valence-electron chi connectivity index (χ1n) is 4.03. The number of allylic oxidation sites excluding steroid dienone is 4. The fraction of sp³-hybridized carbons (Fsp3) is 0.400. The summed E-state index contributed by atoms with van der Waals surface area (Å²) in [5.74, 6) is 0.615. The molecule has 58 valence electrons. The van der Waals surface area contributed by atoms with E-state index in [0.717, 1.165) is 13.0 Å². The van der Waals surface area contributed by atoms with E-state index in [0.29, 0.717) is 5.92 Å². The van der Waals surface area contributed by atoms with Crippen molar-refractivity contribution in [1.29, 1.82) is 0 Å². The zero-order chi connectivity index (χ0) is 7.68. The smallest absolute Gasteiger partial charge is 0.0944 e. The highest BCUT2D eigenvalue weighted by molar-refractivity contribution is 5.35. The van der Waals surface area contributed by atoms with Crippen LogP contribution in [0.4, 0.5) is 0 Å². The summed E-state index contributed by atoms with van der Waals surface area (Å²) >= 11 is 0. The summed E-state index contributed by atoms with van der Waals surface area (Å²) < 4.78 is 5.22. The number of rotatable bonds is 0. The van der Waals surface area contributed by atoms with Crippen molar-refractivity contribution in [3.8, 4) is 0 Å². The monoisotopic (exact) mass is 148 g/mol. The van der Waals surface area contributed by atoms with Gasteiger partial charge in [0.05, 0.1) is 12.9 Å². The van der Waals surface area contributed by atoms with Crippen LogP contribution in [0.2, 0.25) is 0 Å². The first-order valence-corrected chi connectivity index (χ1v) is 4.03. The van der Waals surface area contributed by atoms with Gasteiger partial charge >= 0.3 is 0 Å². The third-order valence-electron chi connectivity index (χ3n) is 2.24. The zero-order valence-corrected chi connectivity index (χ0v) is 6.71. The molecule has 2 aliphatic rings. The van der Waals surface area contributed by atoms with Crippen LogP contribution in [0.1, 0.15) is 13.3 Å². The maximum Gasteiger partial charge on any atom is 0.0944 e. The molecule has 0 bridgehead atoms. The summed E-state index contributed by atoms with van der Waals surface area (Å²) in [5.41, 5.74) is 2.80. The Morgan fingerprint density at radius 3 is 3.36 bits per heavy atom. The Balaban J connectivity index is 2.28. The molecule has 0 aromatic heterocycles. The first-order chi connectivity index (χ1) is 5.36. The van der Waals surface area contributed by atoms with E-state index in [2.05, 4.69) is 25.2 Å². The fourth-order valence-electron chi connectivity index (χ4n) is 1.55. The lowest BCUT2D eigenvalue weighted by Gasteiger charge is -2.23. The summed E-state index contributed by atoms with van der Waals surface area (Å²) in [6.07, 6.45) is 9.53. The minimum Gasteiger partial charge on any atom is -0.501 e. The van der Waals surface area contributed by atoms with Crippen molar-refractivity contribution in [3.63, 3.8) is 0 Å². The van der Waals surface area contributed by atoms with Gasteiger partial charge in [-0.05, 0) is 25.0 Å². The minimum atomic E-state index is 0.615. The van der Waals surface area contributed by atoms with Gasteiger partial charge in [-0.15, -0.1) is 0 Å². The molecule has 11 heavy (non-hydrogen) atoms. The highest BCUT2D eigenvalue weighted by Gasteiger charge is 2.17. The second kappa shape index (κ2) is 2.57. The first kappa shape index (κ1) is 6.71. The highest BCUT2D eigenvalue weighted by atomic mass is 16.5. The Labute approximate surface area is 67.1 Å². The molecular weight excluding hydrogens is 136 g/mol. The normalized spacial score (nSPS) is 28.3. The number of ether oxygens (including phenoxy) is 1. The third kappa shape index (κ3) is 1.23. The topological polar surface area (TPSA) is 9.23 Å². The van der Waals surface area contributed by atoms with Crippen LogP contribution in [0.5, 0.6) is 0 Å². The van der Waals surface area contributed by atoms with Crippen molar-refractivity contribution in [2.45, 2.75) is 13.3 Å². The van der Waals surface area contributed by atoms with Crippen molar-refractivity contribution < 1.29 is 4.74 Å². The highest BCUT2D eigenvalue weighted by Crippen LogP contribution is 2.27. The van der Waals surface area contributed by atoms with E-state index in [-0.39, 0.29) is 0 Å². The largest absolute Gasteiger partial charge is 0.501 e. The van der Waals surface area contributed by atoms with Crippen molar-refractivity contribution in [1.82, 2.24) is 0 Å². The van der Waals surface area contributed by atoms with E-state index in [1.807, 2.05) is 0 Å². The Morgan fingerprint density at radius 1 is 1.55 bits per heavy atom. The van der Waals surface area contributed by atoms with Crippen molar-refractivity contribution in [3.05, 3.63) is 35.6 Å². The molecule has 1 nitrogen and oxygen atoms in total. The molecule has 0 aromatic rings. The van der Waals surface area contributed by atoms with Gasteiger partial charge < -0.3 is 4.74 Å². The average Bonchev–Trinajstić information content (AvgIpc) is 2.04. The van der Waals surface area contributed by atoms with Crippen molar-refractivity contribution >= 4 is 0 Å². The molecule has 0 radical (unpaired) electrons. The van der Waals surface area contributed by atoms with E-state index >= 15 is 0 Å². The van der Waals surface area contributed by atoms with Gasteiger partial charge in [-0.25, -0.2) is 0 Å². The van der Waals surface area contributed by atoms with Gasteiger partial charge in [0, 0.05) is 5.92 Å². The summed E-state index contributed by atoms with van der Waals surface area (Å²) in [6.45, 7) is 3.00. The molecule has 0 fully saturated rings. The van der Waals surface area contributed by atoms with Gasteiger partial charge in [-0.3, -0.25) is 0 Å². The van der Waals surface area contributed by atoms with Crippen LogP contribution in [0, 0.1) is 5.92 Å². The van der Waals surface area contributed by atoms with Gasteiger partial charge in [0.1, 0.15) is 0 Å². The Morgan fingerprint density at radius 2 is 2.45 bits per heavy atom. The van der Waals surface area contributed by atoms with Crippen LogP contribution in [0.3, 0.4) is 0 Å². The second-order valence-corrected chi connectivity index (χ2v) is 3.16. The fourth-order valence-corrected chi connectivity index (χ4v) is 1.55. The third-order valence-corrected chi connectivity index (χ3v) is 2.24. The molecule has 1 heteroatoms. The van der Waals surface area contributed by atoms with Crippen LogP contribution in [-0.4, -0.2) is 6.61 Å². The van der Waals surface area contributed by atoms with Crippen molar-refractivity contribution in [2.24, 2.45) is 5.92 Å². The molecule has 0 saturated heterocycles. The minimum absolute atomic E-state index is 0.615. The zero-order valence-electron chi connectivity index (χ0n) is 6.71. The predicted octanol–water partition coefficient (Wildman–Crippen LogP) is 2.42. The second-order valence-electron chi connectivity index (χ2n) is 3.16. The lowest BCUT2D eigenvalue weighted by Crippen LogP contribution is -2.15. The number of fused-ring (bicyclic) bond motifs is 1. The molecule has 0 spiro atoms. The van der Waals surface area contributed by atoms with Gasteiger partial charge in [-0.2, -0.15) is 0 Å². The molecule has 1 unspecified atom stereocenters. The summed E-state index contributed by atoms with van der Waals surface area (Å²) in [4.78, 5) is 0. The van der Waals surface area contributed by atoms with Gasteiger partial charge in [-0.1, -0.05) is 17.7 Å². The van der Waals surface area contributed by atoms with Gasteiger partial charge in [0.25, 0.3) is 0 Å². The number of hydrogen-bond donors (Lipinski definition) is 0. The Kier molecular flexibility index (Phi) is 1.57. The molecular formula is C10H12O. The lowest BCUT2D eigenvalue weighted by atomic mass is 9.88. The Hall–Kier alpha value is -0.980. The Bertz CT molecular complexity index is 246. The summed E-state index contributed by atoms with van der Waals surface area (Å²) in [7, 11) is 0. The van der Waals surface area contributed by atoms with Gasteiger partial charge in [0.2, 0.25) is 0 Å². The van der Waals surface area contributed by atoms with Crippen LogP contribution in [0.25, 0.3) is 0 Å². The standard InChI is InChI=1S/C10H12O/c1-8-2-3-10-7-11-5-4-9(10)6-8/h2,4-6,10H,3,7H2,1H3. The molecule has 1 atom stereocenters. The molecule has 2 rings (SSSR count). The molecule has 0 amide bonds. The van der Waals surface area contributed by atoms with Crippen LogP contribution >= 0.6 is 0 Å². The maximum absolute atomic E-state index is 5.22. The number of hydrogen-bond acceptors (Lipinski definition) is 1. The maximum atomic E-state index is 5.22. The van der Waals surface area contributed by atoms with Crippen LogP contribution in [0.15, 0.2) is 35.6 Å². The molecule has 0 aromatic carbocycles. The molecule has 0 saturated carbocycles. The van der Waals surface area contributed by atoms with E-state index in [4.69, 9.17) is 4.74 Å². The molecule has 1 heterocycles. The summed E-state index contributed by atoms with van der Waals surface area (Å²) in [5, 5.41) is 0. The van der Waals surface area contributed by atoms with Crippen LogP contribution < -0.4 is 0 Å². The van der Waals surface area contributed by atoms with E-state index < -0.39 is 0 Å². The summed E-state index contributed by atoms with van der Waals surface area (Å²) in [6, 6.07) is 0. The van der Waals surface area contributed by atoms with Crippen molar-refractivity contribution in [2.75, 3.05) is 6.61 Å². The van der Waals surface area contributed by atoms with E-state index in [1.165, 1.54) is 11.1 Å². The quantitative estimate of drug-likeness (QED) is 0.512. The average molecular weight is 148 g/mol. The van der Waals surface area contributed by atoms with Gasteiger partial charge in [0.15, 0.2) is 0 Å².